The average molecular weight is 444 g/mol. The number of nitrogens with one attached hydrogen (secondary N) is 1. The van der Waals surface area contributed by atoms with Crippen molar-refractivity contribution in [2.75, 3.05) is 5.32 Å². The number of carbonyl (C=O) groups is 1. The molecule has 0 unspecified atom stereocenters. The number of nitriles is 1. The lowest BCUT2D eigenvalue weighted by molar-refractivity contribution is -0.394. The lowest BCUT2D eigenvalue weighted by Gasteiger charge is -2.10. The molecule has 0 aliphatic carbocycles. The van der Waals surface area contributed by atoms with Crippen LogP contribution in [0.3, 0.4) is 0 Å². The summed E-state index contributed by atoms with van der Waals surface area (Å²) in [5, 5.41) is 34.4. The average Bonchev–Trinajstić information content (AvgIpc) is 2.78. The second-order valence-corrected chi connectivity index (χ2v) is 6.80. The summed E-state index contributed by atoms with van der Waals surface area (Å²) < 4.78 is 5.65. The number of nitro groups is 2. The Kier molecular flexibility index (Phi) is 6.75. The van der Waals surface area contributed by atoms with Crippen molar-refractivity contribution >= 4 is 29.0 Å². The Labute approximate surface area is 187 Å². The van der Waals surface area contributed by atoms with E-state index >= 15 is 0 Å². The predicted molar refractivity (Wildman–Crippen MR) is 120 cm³/mol. The zero-order valence-electron chi connectivity index (χ0n) is 17.2. The van der Waals surface area contributed by atoms with Crippen LogP contribution >= 0.6 is 0 Å². The van der Waals surface area contributed by atoms with Crippen LogP contribution in [0.2, 0.25) is 0 Å². The molecule has 3 rings (SSSR count). The first-order valence-electron chi connectivity index (χ1n) is 9.48. The third kappa shape index (κ3) is 5.56. The fourth-order valence-corrected chi connectivity index (χ4v) is 2.88. The van der Waals surface area contributed by atoms with E-state index in [1.807, 2.05) is 19.1 Å². The number of hydrogen-bond acceptors (Lipinski definition) is 7. The van der Waals surface area contributed by atoms with Crippen molar-refractivity contribution in [1.82, 2.24) is 0 Å². The molecule has 3 aromatic carbocycles. The van der Waals surface area contributed by atoms with Crippen molar-refractivity contribution in [3.05, 3.63) is 104 Å². The third-order valence-electron chi connectivity index (χ3n) is 4.43. The lowest BCUT2D eigenvalue weighted by Crippen LogP contribution is -2.13. The molecule has 0 atom stereocenters. The van der Waals surface area contributed by atoms with E-state index in [1.54, 1.807) is 36.4 Å². The second kappa shape index (κ2) is 9.84. The van der Waals surface area contributed by atoms with Crippen LogP contribution in [0.25, 0.3) is 6.08 Å². The topological polar surface area (TPSA) is 148 Å². The number of hydrogen-bond donors (Lipinski definition) is 1. The van der Waals surface area contributed by atoms with Gasteiger partial charge in [-0.05, 0) is 42.8 Å². The summed E-state index contributed by atoms with van der Waals surface area (Å²) in [4.78, 5) is 33.3. The van der Waals surface area contributed by atoms with E-state index in [-0.39, 0.29) is 17.1 Å². The molecule has 3 aromatic rings. The molecular formula is C23H16N4O6. The molecule has 0 aliphatic heterocycles. The zero-order valence-corrected chi connectivity index (χ0v) is 17.2. The Morgan fingerprint density at radius 3 is 2.42 bits per heavy atom. The molecule has 0 aliphatic rings. The highest BCUT2D eigenvalue weighted by Gasteiger charge is 2.22. The second-order valence-electron chi connectivity index (χ2n) is 6.80. The van der Waals surface area contributed by atoms with Crippen LogP contribution in [-0.4, -0.2) is 15.8 Å². The van der Waals surface area contributed by atoms with E-state index in [4.69, 9.17) is 4.74 Å². The van der Waals surface area contributed by atoms with E-state index in [1.165, 1.54) is 12.1 Å². The highest BCUT2D eigenvalue weighted by atomic mass is 16.6. The Morgan fingerprint density at radius 2 is 1.76 bits per heavy atom. The van der Waals surface area contributed by atoms with Crippen LogP contribution in [-0.2, 0) is 4.79 Å². The van der Waals surface area contributed by atoms with Gasteiger partial charge in [-0.3, -0.25) is 25.0 Å². The molecule has 0 saturated carbocycles. The van der Waals surface area contributed by atoms with Gasteiger partial charge in [0.05, 0.1) is 15.9 Å². The molecule has 0 spiro atoms. The molecule has 0 fully saturated rings. The number of ether oxygens (including phenoxy) is 1. The summed E-state index contributed by atoms with van der Waals surface area (Å²) in [6.45, 7) is 1.86. The van der Waals surface area contributed by atoms with E-state index in [0.717, 1.165) is 23.8 Å². The van der Waals surface area contributed by atoms with E-state index in [2.05, 4.69) is 5.32 Å². The van der Waals surface area contributed by atoms with E-state index < -0.39 is 27.1 Å². The van der Waals surface area contributed by atoms with Gasteiger partial charge < -0.3 is 10.1 Å². The number of amides is 1. The maximum atomic E-state index is 12.6. The van der Waals surface area contributed by atoms with Crippen molar-refractivity contribution in [2.24, 2.45) is 0 Å². The van der Waals surface area contributed by atoms with Crippen LogP contribution in [0, 0.1) is 38.5 Å². The van der Waals surface area contributed by atoms with Gasteiger partial charge in [-0.2, -0.15) is 5.26 Å². The van der Waals surface area contributed by atoms with Gasteiger partial charge >= 0.3 is 5.69 Å². The number of non-ortho nitro benzene ring substituents is 1. The largest absolute Gasteiger partial charge is 0.449 e. The Hall–Kier alpha value is -5.04. The third-order valence-corrected chi connectivity index (χ3v) is 4.43. The summed E-state index contributed by atoms with van der Waals surface area (Å²) in [5.74, 6) is -0.751. The SMILES string of the molecule is Cc1cccc(NC(=O)/C(C#N)=C/c2ccccc2Oc2ccc([N+](=O)[O-])cc2[N+](=O)[O-])c1. The van der Waals surface area contributed by atoms with Gasteiger partial charge in [0.15, 0.2) is 0 Å². The first-order chi connectivity index (χ1) is 15.8. The van der Waals surface area contributed by atoms with Crippen molar-refractivity contribution in [1.29, 1.82) is 5.26 Å². The minimum Gasteiger partial charge on any atom is -0.449 e. The van der Waals surface area contributed by atoms with Gasteiger partial charge in [-0.15, -0.1) is 0 Å². The summed E-state index contributed by atoms with van der Waals surface area (Å²) in [6.07, 6.45) is 1.29. The van der Waals surface area contributed by atoms with Crippen LogP contribution in [0.4, 0.5) is 17.1 Å². The molecule has 0 radical (unpaired) electrons. The maximum absolute atomic E-state index is 12.6. The Bertz CT molecular complexity index is 1330. The first-order valence-corrected chi connectivity index (χ1v) is 9.48. The molecule has 0 heterocycles. The van der Waals surface area contributed by atoms with Gasteiger partial charge in [0.2, 0.25) is 5.75 Å². The Balaban J connectivity index is 1.93. The molecule has 1 amide bonds. The molecule has 1 N–H and O–H groups in total. The number of para-hydroxylation sites is 1. The number of rotatable bonds is 7. The van der Waals surface area contributed by atoms with Crippen LogP contribution in [0.1, 0.15) is 11.1 Å². The molecule has 0 aromatic heterocycles. The van der Waals surface area contributed by atoms with Crippen molar-refractivity contribution in [3.8, 4) is 17.6 Å². The summed E-state index contributed by atoms with van der Waals surface area (Å²) in [6, 6.07) is 18.2. The standard InChI is InChI=1S/C23H16N4O6/c1-15-5-4-7-18(11-15)25-23(28)17(14-24)12-16-6-2-3-8-21(16)33-22-10-9-19(26(29)30)13-20(22)27(31)32/h2-13H,1H3,(H,25,28)/b17-12+. The minimum atomic E-state index is -0.795. The van der Waals surface area contributed by atoms with E-state index in [9.17, 15) is 30.3 Å². The Morgan fingerprint density at radius 1 is 1.00 bits per heavy atom. The fraction of sp³-hybridized carbons (Fsp3) is 0.0435. The van der Waals surface area contributed by atoms with Crippen LogP contribution < -0.4 is 10.1 Å². The highest BCUT2D eigenvalue weighted by molar-refractivity contribution is 6.09. The zero-order chi connectivity index (χ0) is 24.0. The van der Waals surface area contributed by atoms with Crippen molar-refractivity contribution in [3.63, 3.8) is 0 Å². The van der Waals surface area contributed by atoms with Gasteiger partial charge in [0, 0.05) is 17.3 Å². The van der Waals surface area contributed by atoms with Crippen LogP contribution in [0.15, 0.2) is 72.3 Å². The fourth-order valence-electron chi connectivity index (χ4n) is 2.88. The number of anilines is 1. The van der Waals surface area contributed by atoms with Gasteiger partial charge in [0.1, 0.15) is 17.4 Å². The maximum Gasteiger partial charge on any atom is 0.318 e. The molecule has 164 valence electrons. The number of aryl methyl sites for hydroxylation is 1. The van der Waals surface area contributed by atoms with Crippen LogP contribution in [0.5, 0.6) is 11.5 Å². The number of benzene rings is 3. The normalized spacial score (nSPS) is 10.7. The molecule has 33 heavy (non-hydrogen) atoms. The molecule has 10 nitrogen and oxygen atoms in total. The number of nitro benzene ring substituents is 2. The molecule has 0 saturated heterocycles. The monoisotopic (exact) mass is 444 g/mol. The number of nitrogens with zero attached hydrogens (tertiary/aromatic N) is 3. The van der Waals surface area contributed by atoms with Crippen molar-refractivity contribution in [2.45, 2.75) is 6.92 Å². The van der Waals surface area contributed by atoms with Gasteiger partial charge in [-0.1, -0.05) is 30.3 Å². The smallest absolute Gasteiger partial charge is 0.318 e. The first kappa shape index (κ1) is 22.6. The lowest BCUT2D eigenvalue weighted by atomic mass is 10.1. The predicted octanol–water partition coefficient (Wildman–Crippen LogP) is 5.15. The molecule has 0 bridgehead atoms. The van der Waals surface area contributed by atoms with Gasteiger partial charge in [0.25, 0.3) is 11.6 Å². The summed E-state index contributed by atoms with van der Waals surface area (Å²) >= 11 is 0. The quantitative estimate of drug-likeness (QED) is 0.229. The summed E-state index contributed by atoms with van der Waals surface area (Å²) in [7, 11) is 0. The minimum absolute atomic E-state index is 0.116. The molecular weight excluding hydrogens is 428 g/mol. The highest BCUT2D eigenvalue weighted by Crippen LogP contribution is 2.36. The summed E-state index contributed by atoms with van der Waals surface area (Å²) in [5.41, 5.74) is 0.486. The molecule has 10 heteroatoms. The number of carbonyl (C=O) groups excluding carboxylic acids is 1. The van der Waals surface area contributed by atoms with Crippen molar-refractivity contribution < 1.29 is 19.4 Å². The van der Waals surface area contributed by atoms with Gasteiger partial charge in [-0.25, -0.2) is 0 Å². The van der Waals surface area contributed by atoms with E-state index in [0.29, 0.717) is 11.3 Å².